The van der Waals surface area contributed by atoms with Gasteiger partial charge in [0.1, 0.15) is 0 Å². The lowest BCUT2D eigenvalue weighted by atomic mass is 10.3. The largest absolute Gasteiger partial charge is 0.389 e. The molecule has 0 aliphatic carbocycles. The molecule has 0 aliphatic heterocycles. The van der Waals surface area contributed by atoms with Crippen molar-refractivity contribution in [1.82, 2.24) is 15.2 Å². The minimum Gasteiger partial charge on any atom is -0.368 e. The Labute approximate surface area is 77.9 Å². The summed E-state index contributed by atoms with van der Waals surface area (Å²) in [6.45, 7) is 0.163. The molecule has 1 aromatic rings. The lowest BCUT2D eigenvalue weighted by molar-refractivity contribution is -0.134. The van der Waals surface area contributed by atoms with Gasteiger partial charge in [0.15, 0.2) is 0 Å². The van der Waals surface area contributed by atoms with Crippen LogP contribution in [0.4, 0.5) is 25.1 Å². The summed E-state index contributed by atoms with van der Waals surface area (Å²) in [6.07, 6.45) is -4.95. The molecule has 5 nitrogen and oxygen atoms in total. The number of H-pyrrole nitrogens is 1. The molecule has 0 unspecified atom stereocenters. The molecular weight excluding hydrogens is 199 g/mol. The van der Waals surface area contributed by atoms with Gasteiger partial charge >= 0.3 is 6.18 Å². The van der Waals surface area contributed by atoms with E-state index in [1.165, 1.54) is 0 Å². The summed E-state index contributed by atoms with van der Waals surface area (Å²) in [5, 5.41) is 8.56. The van der Waals surface area contributed by atoms with Crippen molar-refractivity contribution in [3.8, 4) is 0 Å². The van der Waals surface area contributed by atoms with E-state index in [0.29, 0.717) is 0 Å². The van der Waals surface area contributed by atoms with Gasteiger partial charge in [0.2, 0.25) is 11.9 Å². The molecule has 0 saturated carbocycles. The van der Waals surface area contributed by atoms with Crippen LogP contribution in [0, 0.1) is 0 Å². The zero-order valence-corrected chi connectivity index (χ0v) is 7.23. The van der Waals surface area contributed by atoms with Gasteiger partial charge in [0.25, 0.3) is 0 Å². The topological polar surface area (TPSA) is 79.6 Å². The van der Waals surface area contributed by atoms with Crippen LogP contribution in [-0.4, -0.2) is 27.9 Å². The molecule has 0 spiro atoms. The Morgan fingerprint density at radius 1 is 1.43 bits per heavy atom. The number of nitrogens with one attached hydrogen (secondary N) is 2. The summed E-state index contributed by atoms with van der Waals surface area (Å²) in [7, 11) is 0. The number of nitrogens with two attached hydrogens (primary N) is 1. The van der Waals surface area contributed by atoms with Crippen LogP contribution in [0.3, 0.4) is 0 Å². The maximum Gasteiger partial charge on any atom is 0.389 e. The van der Waals surface area contributed by atoms with Crippen LogP contribution in [0.25, 0.3) is 0 Å². The van der Waals surface area contributed by atoms with Gasteiger partial charge in [-0.3, -0.25) is 0 Å². The molecule has 80 valence electrons. The number of aromatic amines is 1. The van der Waals surface area contributed by atoms with Gasteiger partial charge < -0.3 is 11.1 Å². The third-order valence-corrected chi connectivity index (χ3v) is 1.42. The predicted molar refractivity (Wildman–Crippen MR) is 44.6 cm³/mol. The zero-order chi connectivity index (χ0) is 10.6. The van der Waals surface area contributed by atoms with E-state index < -0.39 is 12.6 Å². The molecule has 14 heavy (non-hydrogen) atoms. The highest BCUT2D eigenvalue weighted by Crippen LogP contribution is 2.20. The number of rotatable bonds is 4. The van der Waals surface area contributed by atoms with Crippen molar-refractivity contribution in [2.45, 2.75) is 19.0 Å². The monoisotopic (exact) mass is 209 g/mol. The second kappa shape index (κ2) is 4.16. The van der Waals surface area contributed by atoms with E-state index in [9.17, 15) is 13.2 Å². The van der Waals surface area contributed by atoms with E-state index in [0.717, 1.165) is 0 Å². The van der Waals surface area contributed by atoms with Crippen LogP contribution in [0.15, 0.2) is 0 Å². The van der Waals surface area contributed by atoms with E-state index in [1.807, 2.05) is 0 Å². The number of aromatic nitrogens is 3. The molecular formula is C6H10F3N5. The van der Waals surface area contributed by atoms with Crippen LogP contribution < -0.4 is 11.1 Å². The van der Waals surface area contributed by atoms with Gasteiger partial charge in [-0.15, -0.1) is 5.10 Å². The van der Waals surface area contributed by atoms with E-state index in [1.54, 1.807) is 0 Å². The molecule has 0 aromatic carbocycles. The molecule has 0 atom stereocenters. The van der Waals surface area contributed by atoms with Gasteiger partial charge in [0, 0.05) is 13.0 Å². The smallest absolute Gasteiger partial charge is 0.368 e. The fraction of sp³-hybridized carbons (Fsp3) is 0.667. The molecule has 1 aromatic heterocycles. The fourth-order valence-corrected chi connectivity index (χ4v) is 0.842. The molecule has 0 bridgehead atoms. The number of anilines is 2. The SMILES string of the molecule is Nc1nc(NCCCC(F)(F)F)n[nH]1. The summed E-state index contributed by atoms with van der Waals surface area (Å²) >= 11 is 0. The van der Waals surface area contributed by atoms with E-state index >= 15 is 0 Å². The molecule has 0 aliphatic rings. The summed E-state index contributed by atoms with van der Waals surface area (Å²) < 4.78 is 35.1. The highest BCUT2D eigenvalue weighted by molar-refractivity contribution is 5.29. The van der Waals surface area contributed by atoms with Crippen molar-refractivity contribution in [2.75, 3.05) is 17.6 Å². The Kier molecular flexibility index (Phi) is 3.15. The highest BCUT2D eigenvalue weighted by Gasteiger charge is 2.25. The minimum atomic E-state index is -4.11. The average Bonchev–Trinajstić information content (AvgIpc) is 2.44. The molecule has 0 amide bonds. The van der Waals surface area contributed by atoms with E-state index in [-0.39, 0.29) is 24.9 Å². The van der Waals surface area contributed by atoms with Crippen molar-refractivity contribution < 1.29 is 13.2 Å². The minimum absolute atomic E-state index is 0.0159. The van der Waals surface area contributed by atoms with Gasteiger partial charge in [-0.05, 0) is 6.42 Å². The summed E-state index contributed by atoms with van der Waals surface area (Å²) in [5.41, 5.74) is 5.20. The normalized spacial score (nSPS) is 11.6. The molecule has 0 fully saturated rings. The van der Waals surface area contributed by atoms with Crippen LogP contribution in [-0.2, 0) is 0 Å². The highest BCUT2D eigenvalue weighted by atomic mass is 19.4. The van der Waals surface area contributed by atoms with Gasteiger partial charge in [-0.1, -0.05) is 0 Å². The van der Waals surface area contributed by atoms with Gasteiger partial charge in [0.05, 0.1) is 0 Å². The van der Waals surface area contributed by atoms with E-state index in [4.69, 9.17) is 5.73 Å². The van der Waals surface area contributed by atoms with Crippen LogP contribution >= 0.6 is 0 Å². The maximum atomic E-state index is 11.7. The quantitative estimate of drug-likeness (QED) is 0.649. The second-order valence-electron chi connectivity index (χ2n) is 2.69. The first kappa shape index (κ1) is 10.6. The first-order chi connectivity index (χ1) is 6.47. The molecule has 1 rings (SSSR count). The number of nitrogen functional groups attached to an aromatic ring is 1. The van der Waals surface area contributed by atoms with Crippen molar-refractivity contribution in [3.05, 3.63) is 0 Å². The number of alkyl halides is 3. The molecule has 0 radical (unpaired) electrons. The Bertz CT molecular complexity index is 281. The maximum absolute atomic E-state index is 11.7. The number of hydrogen-bond donors (Lipinski definition) is 3. The average molecular weight is 209 g/mol. The standard InChI is InChI=1S/C6H10F3N5/c7-6(8,9)2-1-3-11-5-12-4(10)13-14-5/h1-3H2,(H4,10,11,12,13,14). The molecule has 1 heterocycles. The molecule has 4 N–H and O–H groups in total. The lowest BCUT2D eigenvalue weighted by Gasteiger charge is -2.05. The Morgan fingerprint density at radius 3 is 2.64 bits per heavy atom. The Hall–Kier alpha value is -1.47. The van der Waals surface area contributed by atoms with Crippen molar-refractivity contribution in [1.29, 1.82) is 0 Å². The lowest BCUT2D eigenvalue weighted by Crippen LogP contribution is -2.11. The molecule has 0 saturated heterocycles. The fourth-order valence-electron chi connectivity index (χ4n) is 0.842. The number of nitrogens with zero attached hydrogens (tertiary/aromatic N) is 2. The van der Waals surface area contributed by atoms with E-state index in [2.05, 4.69) is 20.5 Å². The summed E-state index contributed by atoms with van der Waals surface area (Å²) in [6, 6.07) is 0. The van der Waals surface area contributed by atoms with Gasteiger partial charge in [-0.2, -0.15) is 18.2 Å². The van der Waals surface area contributed by atoms with Crippen molar-refractivity contribution in [2.24, 2.45) is 0 Å². The summed E-state index contributed by atoms with van der Waals surface area (Å²) in [4.78, 5) is 3.66. The number of hydrogen-bond acceptors (Lipinski definition) is 4. The predicted octanol–water partition coefficient (Wildman–Crippen LogP) is 1.14. The zero-order valence-electron chi connectivity index (χ0n) is 7.23. The van der Waals surface area contributed by atoms with Crippen LogP contribution in [0.2, 0.25) is 0 Å². The van der Waals surface area contributed by atoms with Gasteiger partial charge in [-0.25, -0.2) is 5.10 Å². The Balaban J connectivity index is 2.16. The van der Waals surface area contributed by atoms with Crippen LogP contribution in [0.5, 0.6) is 0 Å². The van der Waals surface area contributed by atoms with Crippen LogP contribution in [0.1, 0.15) is 12.8 Å². The third kappa shape index (κ3) is 3.97. The number of halogens is 3. The summed E-state index contributed by atoms with van der Waals surface area (Å²) in [5.74, 6) is 0.341. The first-order valence-electron chi connectivity index (χ1n) is 3.96. The Morgan fingerprint density at radius 2 is 2.14 bits per heavy atom. The molecule has 8 heteroatoms. The first-order valence-corrected chi connectivity index (χ1v) is 3.96. The third-order valence-electron chi connectivity index (χ3n) is 1.42. The van der Waals surface area contributed by atoms with Crippen molar-refractivity contribution in [3.63, 3.8) is 0 Å². The second-order valence-corrected chi connectivity index (χ2v) is 2.69. The van der Waals surface area contributed by atoms with Crippen molar-refractivity contribution >= 4 is 11.9 Å².